The van der Waals surface area contributed by atoms with Crippen LogP contribution in [0.5, 0.6) is 0 Å². The Morgan fingerprint density at radius 2 is 2.21 bits per heavy atom. The third-order valence-electron chi connectivity index (χ3n) is 2.65. The molecule has 0 radical (unpaired) electrons. The van der Waals surface area contributed by atoms with Gasteiger partial charge in [0.2, 0.25) is 0 Å². The molecule has 0 saturated carbocycles. The number of aliphatic hydroxyl groups excluding tert-OH is 1. The summed E-state index contributed by atoms with van der Waals surface area (Å²) in [7, 11) is 0. The van der Waals surface area contributed by atoms with E-state index in [1.807, 2.05) is 24.3 Å². The minimum Gasteiger partial charge on any atom is -0.388 e. The number of nitrogens with zero attached hydrogens (tertiary/aromatic N) is 3. The van der Waals surface area contributed by atoms with Crippen LogP contribution >= 0.6 is 0 Å². The molecule has 1 aliphatic carbocycles. The van der Waals surface area contributed by atoms with Gasteiger partial charge in [-0.3, -0.25) is 0 Å². The van der Waals surface area contributed by atoms with Gasteiger partial charge < -0.3 is 5.11 Å². The molecule has 0 spiro atoms. The van der Waals surface area contributed by atoms with Crippen LogP contribution in [0.25, 0.3) is 10.4 Å². The van der Waals surface area contributed by atoms with Crippen molar-refractivity contribution in [3.8, 4) is 0 Å². The van der Waals surface area contributed by atoms with Crippen LogP contribution in [0.15, 0.2) is 29.4 Å². The van der Waals surface area contributed by atoms with Crippen LogP contribution in [0.4, 0.5) is 0 Å². The number of rotatable bonds is 1. The molecule has 1 aliphatic rings. The maximum Gasteiger partial charge on any atom is 0.0877 e. The summed E-state index contributed by atoms with van der Waals surface area (Å²) in [6.45, 7) is 0. The Morgan fingerprint density at radius 3 is 3.00 bits per heavy atom. The summed E-state index contributed by atoms with van der Waals surface area (Å²) in [5, 5.41) is 13.5. The number of aryl methyl sites for hydroxylation is 1. The lowest BCUT2D eigenvalue weighted by Gasteiger charge is -2.26. The van der Waals surface area contributed by atoms with Gasteiger partial charge in [-0.1, -0.05) is 29.4 Å². The highest BCUT2D eigenvalue weighted by atomic mass is 16.3. The van der Waals surface area contributed by atoms with E-state index in [1.165, 1.54) is 0 Å². The molecule has 0 saturated heterocycles. The smallest absolute Gasteiger partial charge is 0.0877 e. The third-order valence-corrected chi connectivity index (χ3v) is 2.65. The summed E-state index contributed by atoms with van der Waals surface area (Å²) in [5.74, 6) is 0. The van der Waals surface area contributed by atoms with Gasteiger partial charge in [-0.25, -0.2) is 0 Å². The van der Waals surface area contributed by atoms with Gasteiger partial charge in [0.15, 0.2) is 0 Å². The lowest BCUT2D eigenvalue weighted by molar-refractivity contribution is 0.134. The van der Waals surface area contributed by atoms with Gasteiger partial charge in [0.05, 0.1) is 12.1 Å². The highest BCUT2D eigenvalue weighted by Crippen LogP contribution is 2.31. The van der Waals surface area contributed by atoms with Crippen LogP contribution in [0.2, 0.25) is 0 Å². The van der Waals surface area contributed by atoms with Crippen molar-refractivity contribution < 1.29 is 5.11 Å². The second kappa shape index (κ2) is 3.70. The van der Waals surface area contributed by atoms with Crippen molar-refractivity contribution in [2.45, 2.75) is 25.0 Å². The largest absolute Gasteiger partial charge is 0.388 e. The van der Waals surface area contributed by atoms with Crippen molar-refractivity contribution in [3.05, 3.63) is 45.8 Å². The van der Waals surface area contributed by atoms with Crippen LogP contribution in [0.1, 0.15) is 23.7 Å². The summed E-state index contributed by atoms with van der Waals surface area (Å²) in [5.41, 5.74) is 10.4. The topological polar surface area (TPSA) is 69.0 Å². The van der Waals surface area contributed by atoms with Crippen molar-refractivity contribution in [2.75, 3.05) is 0 Å². The highest BCUT2D eigenvalue weighted by molar-refractivity contribution is 5.32. The summed E-state index contributed by atoms with van der Waals surface area (Å²) in [4.78, 5) is 2.75. The van der Waals surface area contributed by atoms with E-state index in [0.29, 0.717) is 0 Å². The van der Waals surface area contributed by atoms with E-state index in [4.69, 9.17) is 5.53 Å². The lowest BCUT2D eigenvalue weighted by atomic mass is 9.86. The molecule has 2 rings (SSSR count). The molecule has 4 heteroatoms. The molecule has 1 aromatic carbocycles. The zero-order chi connectivity index (χ0) is 9.97. The molecular weight excluding hydrogens is 178 g/mol. The zero-order valence-corrected chi connectivity index (χ0v) is 7.67. The fourth-order valence-electron chi connectivity index (χ4n) is 1.91. The molecule has 0 heterocycles. The van der Waals surface area contributed by atoms with E-state index in [9.17, 15) is 5.11 Å². The maximum atomic E-state index is 9.89. The fourth-order valence-corrected chi connectivity index (χ4v) is 1.91. The number of hydrogen-bond acceptors (Lipinski definition) is 2. The second-order valence-electron chi connectivity index (χ2n) is 3.45. The average molecular weight is 189 g/mol. The summed E-state index contributed by atoms with van der Waals surface area (Å²) >= 11 is 0. The predicted octanol–water partition coefficient (Wildman–Crippen LogP) is 2.35. The van der Waals surface area contributed by atoms with E-state index in [1.54, 1.807) is 0 Å². The number of hydrogen-bond donors (Lipinski definition) is 1. The molecule has 2 atom stereocenters. The van der Waals surface area contributed by atoms with Crippen LogP contribution in [0, 0.1) is 0 Å². The van der Waals surface area contributed by atoms with Crippen LogP contribution in [-0.2, 0) is 6.42 Å². The first-order valence-corrected chi connectivity index (χ1v) is 4.63. The highest BCUT2D eigenvalue weighted by Gasteiger charge is 2.26. The van der Waals surface area contributed by atoms with Crippen LogP contribution in [-0.4, -0.2) is 11.1 Å². The minimum atomic E-state index is -0.643. The van der Waals surface area contributed by atoms with Gasteiger partial charge in [-0.15, -0.1) is 0 Å². The molecule has 1 N–H and O–H groups in total. The number of fused-ring (bicyclic) bond motifs is 1. The third kappa shape index (κ3) is 1.45. The SMILES string of the molecule is [N-]=[N+]=N[C@@H]1CCc2ccccc2[C@H]1O. The molecule has 4 nitrogen and oxygen atoms in total. The van der Waals surface area contributed by atoms with Crippen molar-refractivity contribution in [2.24, 2.45) is 5.11 Å². The second-order valence-corrected chi connectivity index (χ2v) is 3.45. The summed E-state index contributed by atoms with van der Waals surface area (Å²) in [6, 6.07) is 7.43. The quantitative estimate of drug-likeness (QED) is 0.411. The van der Waals surface area contributed by atoms with E-state index >= 15 is 0 Å². The van der Waals surface area contributed by atoms with Gasteiger partial charge in [-0.2, -0.15) is 0 Å². The Balaban J connectivity index is 2.35. The van der Waals surface area contributed by atoms with Crippen molar-refractivity contribution in [1.82, 2.24) is 0 Å². The van der Waals surface area contributed by atoms with E-state index in [-0.39, 0.29) is 6.04 Å². The molecular formula is C10H11N3O. The van der Waals surface area contributed by atoms with Gasteiger partial charge in [0, 0.05) is 4.91 Å². The molecule has 0 bridgehead atoms. The average Bonchev–Trinajstić information content (AvgIpc) is 2.23. The fraction of sp³-hybridized carbons (Fsp3) is 0.400. The Hall–Kier alpha value is -1.51. The van der Waals surface area contributed by atoms with E-state index < -0.39 is 6.10 Å². The molecule has 0 amide bonds. The Kier molecular flexibility index (Phi) is 2.39. The normalized spacial score (nSPS) is 24.9. The van der Waals surface area contributed by atoms with Gasteiger partial charge in [0.25, 0.3) is 0 Å². The Labute approximate surface area is 81.8 Å². The first kappa shape index (κ1) is 9.06. The van der Waals surface area contributed by atoms with Gasteiger partial charge in [-0.05, 0) is 29.5 Å². The first-order valence-electron chi connectivity index (χ1n) is 4.63. The number of benzene rings is 1. The van der Waals surface area contributed by atoms with Gasteiger partial charge in [0.1, 0.15) is 0 Å². The molecule has 0 unspecified atom stereocenters. The van der Waals surface area contributed by atoms with Crippen molar-refractivity contribution in [3.63, 3.8) is 0 Å². The molecule has 14 heavy (non-hydrogen) atoms. The number of aliphatic hydroxyl groups is 1. The zero-order valence-electron chi connectivity index (χ0n) is 7.67. The summed E-state index contributed by atoms with van der Waals surface area (Å²) in [6.07, 6.45) is 0.954. The minimum absolute atomic E-state index is 0.310. The molecule has 0 aromatic heterocycles. The van der Waals surface area contributed by atoms with Crippen LogP contribution in [0.3, 0.4) is 0 Å². The predicted molar refractivity (Wildman–Crippen MR) is 52.7 cm³/mol. The Morgan fingerprint density at radius 1 is 1.43 bits per heavy atom. The first-order chi connectivity index (χ1) is 6.83. The number of azide groups is 1. The molecule has 1 aromatic rings. The lowest BCUT2D eigenvalue weighted by Crippen LogP contribution is -2.23. The monoisotopic (exact) mass is 189 g/mol. The van der Waals surface area contributed by atoms with E-state index in [2.05, 4.69) is 10.0 Å². The summed E-state index contributed by atoms with van der Waals surface area (Å²) < 4.78 is 0. The van der Waals surface area contributed by atoms with Crippen molar-refractivity contribution >= 4 is 0 Å². The van der Waals surface area contributed by atoms with Gasteiger partial charge >= 0.3 is 0 Å². The van der Waals surface area contributed by atoms with Crippen LogP contribution < -0.4 is 0 Å². The molecule has 0 aliphatic heterocycles. The van der Waals surface area contributed by atoms with E-state index in [0.717, 1.165) is 24.0 Å². The van der Waals surface area contributed by atoms with Crippen molar-refractivity contribution in [1.29, 1.82) is 0 Å². The standard InChI is InChI=1S/C10H11N3O/c11-13-12-9-6-5-7-3-1-2-4-8(7)10(9)14/h1-4,9-10,14H,5-6H2/t9-,10-/m1/s1. The molecule has 72 valence electrons. The Bertz CT molecular complexity index is 385. The molecule has 0 fully saturated rings. The maximum absolute atomic E-state index is 9.89.